The SMILES string of the molecule is CCN(CC)CCN(CC)C(=O)CC1(c2cccc(F)c2)CC(=O)N(C2CCCC2)C1=O. The normalized spacial score (nSPS) is 21.7. The van der Waals surface area contributed by atoms with Crippen LogP contribution in [0, 0.1) is 5.82 Å². The number of imide groups is 1. The van der Waals surface area contributed by atoms with Crippen molar-refractivity contribution < 1.29 is 18.8 Å². The Morgan fingerprint density at radius 3 is 2.38 bits per heavy atom. The lowest BCUT2D eigenvalue weighted by Crippen LogP contribution is -2.46. The number of rotatable bonds is 10. The number of hydrogen-bond acceptors (Lipinski definition) is 4. The molecule has 6 nitrogen and oxygen atoms in total. The van der Waals surface area contributed by atoms with Gasteiger partial charge in [-0.25, -0.2) is 4.39 Å². The van der Waals surface area contributed by atoms with Gasteiger partial charge in [-0.05, 0) is 50.6 Å². The van der Waals surface area contributed by atoms with Crippen LogP contribution < -0.4 is 0 Å². The molecule has 1 unspecified atom stereocenters. The van der Waals surface area contributed by atoms with Gasteiger partial charge in [0.1, 0.15) is 5.82 Å². The van der Waals surface area contributed by atoms with Crippen LogP contribution in [0.1, 0.15) is 64.9 Å². The fourth-order valence-electron chi connectivity index (χ4n) is 5.18. The summed E-state index contributed by atoms with van der Waals surface area (Å²) in [6.07, 6.45) is 3.39. The minimum absolute atomic E-state index is 0.0782. The highest BCUT2D eigenvalue weighted by Crippen LogP contribution is 2.43. The smallest absolute Gasteiger partial charge is 0.241 e. The van der Waals surface area contributed by atoms with E-state index in [9.17, 15) is 18.8 Å². The summed E-state index contributed by atoms with van der Waals surface area (Å²) in [5.41, 5.74) is -0.911. The van der Waals surface area contributed by atoms with Crippen LogP contribution in [0.4, 0.5) is 4.39 Å². The molecule has 2 fully saturated rings. The van der Waals surface area contributed by atoms with E-state index < -0.39 is 11.2 Å². The number of benzene rings is 1. The highest BCUT2D eigenvalue weighted by Gasteiger charge is 2.56. The maximum atomic E-state index is 14.2. The first-order chi connectivity index (χ1) is 15.4. The Morgan fingerprint density at radius 1 is 1.09 bits per heavy atom. The van der Waals surface area contributed by atoms with Crippen molar-refractivity contribution in [2.75, 3.05) is 32.7 Å². The lowest BCUT2D eigenvalue weighted by molar-refractivity contribution is -0.144. The van der Waals surface area contributed by atoms with Crippen molar-refractivity contribution in [3.63, 3.8) is 0 Å². The van der Waals surface area contributed by atoms with Gasteiger partial charge in [-0.1, -0.05) is 38.8 Å². The molecule has 1 saturated heterocycles. The number of likely N-dealkylation sites (tertiary alicyclic amines) is 1. The summed E-state index contributed by atoms with van der Waals surface area (Å²) in [7, 11) is 0. The molecule has 1 atom stereocenters. The van der Waals surface area contributed by atoms with Gasteiger partial charge < -0.3 is 9.80 Å². The van der Waals surface area contributed by atoms with Crippen LogP contribution in [0.3, 0.4) is 0 Å². The lowest BCUT2D eigenvalue weighted by Gasteiger charge is -2.32. The zero-order chi connectivity index (χ0) is 23.3. The molecule has 3 amide bonds. The van der Waals surface area contributed by atoms with Gasteiger partial charge in [0.2, 0.25) is 17.7 Å². The second kappa shape index (κ2) is 10.6. The van der Waals surface area contributed by atoms with Crippen molar-refractivity contribution in [2.24, 2.45) is 0 Å². The van der Waals surface area contributed by atoms with E-state index in [-0.39, 0.29) is 36.6 Å². The lowest BCUT2D eigenvalue weighted by atomic mass is 9.75. The summed E-state index contributed by atoms with van der Waals surface area (Å²) in [5, 5.41) is 0. The van der Waals surface area contributed by atoms with Crippen LogP contribution in [0.15, 0.2) is 24.3 Å². The molecule has 1 aromatic carbocycles. The molecule has 0 N–H and O–H groups in total. The molecule has 32 heavy (non-hydrogen) atoms. The molecule has 0 aromatic heterocycles. The van der Waals surface area contributed by atoms with Crippen LogP contribution in [0.25, 0.3) is 0 Å². The van der Waals surface area contributed by atoms with Gasteiger partial charge in [0.25, 0.3) is 0 Å². The number of carbonyl (C=O) groups is 3. The monoisotopic (exact) mass is 445 g/mol. The second-order valence-electron chi connectivity index (χ2n) is 8.95. The van der Waals surface area contributed by atoms with Gasteiger partial charge >= 0.3 is 0 Å². The van der Waals surface area contributed by atoms with Gasteiger partial charge in [0, 0.05) is 38.5 Å². The summed E-state index contributed by atoms with van der Waals surface area (Å²) in [4.78, 5) is 45.6. The molecule has 1 aliphatic carbocycles. The Hall–Kier alpha value is -2.28. The summed E-state index contributed by atoms with van der Waals surface area (Å²) < 4.78 is 14.2. The molecular weight excluding hydrogens is 409 g/mol. The predicted molar refractivity (Wildman–Crippen MR) is 121 cm³/mol. The Kier molecular flexibility index (Phi) is 8.04. The largest absolute Gasteiger partial charge is 0.342 e. The molecule has 0 radical (unpaired) electrons. The van der Waals surface area contributed by atoms with Crippen molar-refractivity contribution in [1.82, 2.24) is 14.7 Å². The maximum absolute atomic E-state index is 14.2. The number of halogens is 1. The predicted octanol–water partition coefficient (Wildman–Crippen LogP) is 3.35. The molecular formula is C25H36FN3O3. The van der Waals surface area contributed by atoms with E-state index in [0.717, 1.165) is 45.3 Å². The number of hydrogen-bond donors (Lipinski definition) is 0. The first-order valence-corrected chi connectivity index (χ1v) is 12.0. The molecule has 3 rings (SSSR count). The molecule has 0 spiro atoms. The van der Waals surface area contributed by atoms with Crippen LogP contribution in [0.2, 0.25) is 0 Å². The fourth-order valence-corrected chi connectivity index (χ4v) is 5.18. The minimum atomic E-state index is -1.33. The van der Waals surface area contributed by atoms with Crippen LogP contribution in [-0.2, 0) is 19.8 Å². The summed E-state index contributed by atoms with van der Waals surface area (Å²) in [6, 6.07) is 5.74. The van der Waals surface area contributed by atoms with E-state index in [4.69, 9.17) is 0 Å². The van der Waals surface area contributed by atoms with Crippen molar-refractivity contribution in [3.05, 3.63) is 35.6 Å². The third-order valence-corrected chi connectivity index (χ3v) is 7.18. The average Bonchev–Trinajstić information content (AvgIpc) is 3.38. The molecule has 1 aromatic rings. The molecule has 1 saturated carbocycles. The van der Waals surface area contributed by atoms with E-state index in [1.165, 1.54) is 17.0 Å². The van der Waals surface area contributed by atoms with Gasteiger partial charge in [-0.15, -0.1) is 0 Å². The van der Waals surface area contributed by atoms with Crippen molar-refractivity contribution in [2.45, 2.75) is 70.8 Å². The Bertz CT molecular complexity index is 835. The van der Waals surface area contributed by atoms with E-state index in [0.29, 0.717) is 18.7 Å². The van der Waals surface area contributed by atoms with Gasteiger partial charge in [0.05, 0.1) is 5.41 Å². The van der Waals surface area contributed by atoms with E-state index >= 15 is 0 Å². The van der Waals surface area contributed by atoms with Gasteiger partial charge in [-0.3, -0.25) is 19.3 Å². The second-order valence-corrected chi connectivity index (χ2v) is 8.95. The average molecular weight is 446 g/mol. The fraction of sp³-hybridized carbons (Fsp3) is 0.640. The summed E-state index contributed by atoms with van der Waals surface area (Å²) >= 11 is 0. The topological polar surface area (TPSA) is 60.9 Å². The summed E-state index contributed by atoms with van der Waals surface area (Å²) in [5.74, 6) is -1.22. The third kappa shape index (κ3) is 4.87. The molecule has 176 valence electrons. The molecule has 0 bridgehead atoms. The van der Waals surface area contributed by atoms with Gasteiger partial charge in [0.15, 0.2) is 0 Å². The van der Waals surface area contributed by atoms with E-state index in [1.807, 2.05) is 6.92 Å². The van der Waals surface area contributed by atoms with Gasteiger partial charge in [-0.2, -0.15) is 0 Å². The quantitative estimate of drug-likeness (QED) is 0.518. The zero-order valence-electron chi connectivity index (χ0n) is 19.6. The number of amides is 3. The number of likely N-dealkylation sites (N-methyl/N-ethyl adjacent to an activating group) is 2. The van der Waals surface area contributed by atoms with E-state index in [2.05, 4.69) is 18.7 Å². The first-order valence-electron chi connectivity index (χ1n) is 12.0. The standard InChI is InChI=1S/C25H36FN3O3/c1-4-27(5-2)14-15-28(6-3)22(30)17-25(19-10-9-11-20(26)16-19)18-23(31)29(24(25)32)21-12-7-8-13-21/h9-11,16,21H,4-8,12-15,17-18H2,1-3H3. The first kappa shape index (κ1) is 24.4. The Morgan fingerprint density at radius 2 is 1.78 bits per heavy atom. The van der Waals surface area contributed by atoms with Crippen molar-refractivity contribution in [3.8, 4) is 0 Å². The third-order valence-electron chi connectivity index (χ3n) is 7.18. The van der Waals surface area contributed by atoms with Crippen molar-refractivity contribution in [1.29, 1.82) is 0 Å². The molecule has 1 aliphatic heterocycles. The highest BCUT2D eigenvalue weighted by molar-refractivity contribution is 6.11. The Balaban J connectivity index is 1.89. The van der Waals surface area contributed by atoms with E-state index in [1.54, 1.807) is 17.0 Å². The van der Waals surface area contributed by atoms with Crippen LogP contribution in [-0.4, -0.2) is 71.2 Å². The van der Waals surface area contributed by atoms with Crippen molar-refractivity contribution >= 4 is 17.7 Å². The van der Waals surface area contributed by atoms with Crippen LogP contribution >= 0.6 is 0 Å². The molecule has 2 aliphatic rings. The zero-order valence-corrected chi connectivity index (χ0v) is 19.6. The molecule has 7 heteroatoms. The minimum Gasteiger partial charge on any atom is -0.342 e. The number of nitrogens with zero attached hydrogens (tertiary/aromatic N) is 3. The Labute approximate surface area is 190 Å². The van der Waals surface area contributed by atoms with Crippen LogP contribution in [0.5, 0.6) is 0 Å². The highest BCUT2D eigenvalue weighted by atomic mass is 19.1. The maximum Gasteiger partial charge on any atom is 0.241 e. The molecule has 1 heterocycles. The summed E-state index contributed by atoms with van der Waals surface area (Å²) in [6.45, 7) is 9.72. The number of carbonyl (C=O) groups excluding carboxylic acids is 3.